The summed E-state index contributed by atoms with van der Waals surface area (Å²) in [6, 6.07) is 12.1. The van der Waals surface area contributed by atoms with E-state index in [0.29, 0.717) is 5.69 Å². The summed E-state index contributed by atoms with van der Waals surface area (Å²) < 4.78 is 62.2. The molecule has 0 unspecified atom stereocenters. The van der Waals surface area contributed by atoms with Crippen molar-refractivity contribution in [2.45, 2.75) is 5.76 Å². The van der Waals surface area contributed by atoms with Gasteiger partial charge in [-0.15, -0.1) is 0 Å². The number of piperazine rings is 1. The minimum atomic E-state index is -4.56. The average molecular weight is 413 g/mol. The third-order valence-corrected chi connectivity index (χ3v) is 5.94. The van der Waals surface area contributed by atoms with Crippen LogP contribution in [0.1, 0.15) is 10.4 Å². The van der Waals surface area contributed by atoms with E-state index in [-0.39, 0.29) is 31.7 Å². The molecular weight excluding hydrogens is 395 g/mol. The van der Waals surface area contributed by atoms with Crippen LogP contribution in [0.3, 0.4) is 0 Å². The summed E-state index contributed by atoms with van der Waals surface area (Å²) in [5, 5.41) is 2.66. The van der Waals surface area contributed by atoms with E-state index in [2.05, 4.69) is 5.32 Å². The van der Waals surface area contributed by atoms with Crippen molar-refractivity contribution in [1.29, 1.82) is 0 Å². The van der Waals surface area contributed by atoms with Gasteiger partial charge in [0.25, 0.3) is 15.9 Å². The van der Waals surface area contributed by atoms with Crippen LogP contribution in [0.4, 0.5) is 24.5 Å². The Kier molecular flexibility index (Phi) is 5.90. The molecule has 1 heterocycles. The standard InChI is InChI=1S/C18H18F3N3O3S/c19-14-3-1-2-13(12-14)17(25)22-15-4-6-16(7-5-15)23-8-10-24(11-9-23)28(26,27)18(20)21/h1-7,12,18H,8-11H2,(H,22,25). The Morgan fingerprint density at radius 3 is 2.21 bits per heavy atom. The number of rotatable bonds is 5. The lowest BCUT2D eigenvalue weighted by Crippen LogP contribution is -2.50. The maximum atomic E-state index is 13.2. The van der Waals surface area contributed by atoms with Gasteiger partial charge in [0.1, 0.15) is 5.82 Å². The Morgan fingerprint density at radius 2 is 1.64 bits per heavy atom. The van der Waals surface area contributed by atoms with Crippen LogP contribution in [0.15, 0.2) is 48.5 Å². The Hall–Kier alpha value is -2.59. The van der Waals surface area contributed by atoms with Crippen LogP contribution in [-0.4, -0.2) is 50.6 Å². The molecule has 0 aliphatic carbocycles. The van der Waals surface area contributed by atoms with Gasteiger partial charge in [0.05, 0.1) is 0 Å². The van der Waals surface area contributed by atoms with E-state index in [4.69, 9.17) is 0 Å². The van der Waals surface area contributed by atoms with Gasteiger partial charge in [-0.2, -0.15) is 13.1 Å². The molecule has 0 spiro atoms. The maximum absolute atomic E-state index is 13.2. The summed E-state index contributed by atoms with van der Waals surface area (Å²) in [6.07, 6.45) is 0. The highest BCUT2D eigenvalue weighted by atomic mass is 32.2. The summed E-state index contributed by atoms with van der Waals surface area (Å²) >= 11 is 0. The number of amides is 1. The lowest BCUT2D eigenvalue weighted by molar-refractivity contribution is 0.102. The molecule has 1 N–H and O–H groups in total. The first-order valence-electron chi connectivity index (χ1n) is 8.46. The number of carbonyl (C=O) groups excluding carboxylic acids is 1. The fraction of sp³-hybridized carbons (Fsp3) is 0.278. The van der Waals surface area contributed by atoms with Gasteiger partial charge in [-0.3, -0.25) is 4.79 Å². The van der Waals surface area contributed by atoms with Gasteiger partial charge >= 0.3 is 5.76 Å². The molecule has 0 saturated carbocycles. The topological polar surface area (TPSA) is 69.7 Å². The second-order valence-corrected chi connectivity index (χ2v) is 8.11. The van der Waals surface area contributed by atoms with Crippen LogP contribution < -0.4 is 10.2 Å². The molecule has 10 heteroatoms. The summed E-state index contributed by atoms with van der Waals surface area (Å²) in [5.41, 5.74) is 1.48. The molecule has 0 aromatic heterocycles. The highest BCUT2D eigenvalue weighted by Crippen LogP contribution is 2.22. The zero-order valence-electron chi connectivity index (χ0n) is 14.7. The molecule has 0 radical (unpaired) electrons. The Labute approximate surface area is 160 Å². The normalized spacial score (nSPS) is 15.6. The number of nitrogens with zero attached hydrogens (tertiary/aromatic N) is 2. The lowest BCUT2D eigenvalue weighted by atomic mass is 10.2. The Balaban J connectivity index is 1.60. The van der Waals surface area contributed by atoms with E-state index in [9.17, 15) is 26.4 Å². The minimum Gasteiger partial charge on any atom is -0.369 e. The molecular formula is C18H18F3N3O3S. The first-order valence-corrected chi connectivity index (χ1v) is 9.97. The summed E-state index contributed by atoms with van der Waals surface area (Å²) in [6.45, 7) is 0.511. The molecule has 2 aromatic carbocycles. The van der Waals surface area contributed by atoms with Crippen molar-refractivity contribution in [2.24, 2.45) is 0 Å². The minimum absolute atomic E-state index is 0.0231. The SMILES string of the molecule is O=C(Nc1ccc(N2CCN(S(=O)(=O)C(F)F)CC2)cc1)c1cccc(F)c1. The zero-order chi connectivity index (χ0) is 20.3. The molecule has 2 aromatic rings. The number of nitrogens with one attached hydrogen (secondary N) is 1. The van der Waals surface area contributed by atoms with Crippen molar-refractivity contribution in [3.63, 3.8) is 0 Å². The van der Waals surface area contributed by atoms with Crippen LogP contribution in [0.5, 0.6) is 0 Å². The number of carbonyl (C=O) groups is 1. The number of hydrogen-bond donors (Lipinski definition) is 1. The highest BCUT2D eigenvalue weighted by molar-refractivity contribution is 7.89. The zero-order valence-corrected chi connectivity index (χ0v) is 15.5. The Morgan fingerprint density at radius 1 is 1.00 bits per heavy atom. The monoisotopic (exact) mass is 413 g/mol. The number of halogens is 3. The van der Waals surface area contributed by atoms with Crippen molar-refractivity contribution in [3.05, 3.63) is 59.9 Å². The second kappa shape index (κ2) is 8.19. The van der Waals surface area contributed by atoms with E-state index in [0.717, 1.165) is 16.1 Å². The van der Waals surface area contributed by atoms with Gasteiger partial charge in [-0.25, -0.2) is 12.8 Å². The third-order valence-electron chi connectivity index (χ3n) is 4.40. The molecule has 0 bridgehead atoms. The second-order valence-electron chi connectivity index (χ2n) is 6.20. The van der Waals surface area contributed by atoms with Crippen LogP contribution in [0.2, 0.25) is 0 Å². The smallest absolute Gasteiger partial charge is 0.350 e. The van der Waals surface area contributed by atoms with Crippen LogP contribution in [0, 0.1) is 5.82 Å². The number of alkyl halides is 2. The predicted molar refractivity (Wildman–Crippen MR) is 99.5 cm³/mol. The van der Waals surface area contributed by atoms with Crippen molar-refractivity contribution >= 4 is 27.3 Å². The van der Waals surface area contributed by atoms with Crippen molar-refractivity contribution in [1.82, 2.24) is 4.31 Å². The molecule has 1 amide bonds. The molecule has 150 valence electrons. The van der Waals surface area contributed by atoms with Gasteiger partial charge in [-0.1, -0.05) is 6.07 Å². The number of hydrogen-bond acceptors (Lipinski definition) is 4. The molecule has 0 atom stereocenters. The van der Waals surface area contributed by atoms with E-state index >= 15 is 0 Å². The number of sulfonamides is 1. The van der Waals surface area contributed by atoms with Crippen molar-refractivity contribution in [3.8, 4) is 0 Å². The molecule has 1 saturated heterocycles. The molecule has 1 aliphatic rings. The quantitative estimate of drug-likeness (QED) is 0.819. The molecule has 6 nitrogen and oxygen atoms in total. The lowest BCUT2D eigenvalue weighted by Gasteiger charge is -2.35. The summed E-state index contributed by atoms with van der Waals surface area (Å²) in [7, 11) is -4.56. The van der Waals surface area contributed by atoms with E-state index < -0.39 is 27.5 Å². The van der Waals surface area contributed by atoms with E-state index in [1.165, 1.54) is 18.2 Å². The molecule has 3 rings (SSSR count). The first kappa shape index (κ1) is 20.2. The first-order chi connectivity index (χ1) is 13.3. The van der Waals surface area contributed by atoms with E-state index in [1.54, 1.807) is 24.3 Å². The summed E-state index contributed by atoms with van der Waals surface area (Å²) in [5.74, 6) is -4.37. The van der Waals surface area contributed by atoms with Gasteiger partial charge < -0.3 is 10.2 Å². The van der Waals surface area contributed by atoms with Gasteiger partial charge in [0.2, 0.25) is 0 Å². The number of anilines is 2. The summed E-state index contributed by atoms with van der Waals surface area (Å²) in [4.78, 5) is 14.0. The van der Waals surface area contributed by atoms with Crippen molar-refractivity contribution < 1.29 is 26.4 Å². The van der Waals surface area contributed by atoms with Crippen LogP contribution in [-0.2, 0) is 10.0 Å². The molecule has 1 fully saturated rings. The largest absolute Gasteiger partial charge is 0.369 e. The van der Waals surface area contributed by atoms with E-state index in [1.807, 2.05) is 4.90 Å². The van der Waals surface area contributed by atoms with Crippen LogP contribution >= 0.6 is 0 Å². The van der Waals surface area contributed by atoms with Crippen molar-refractivity contribution in [2.75, 3.05) is 36.4 Å². The fourth-order valence-electron chi connectivity index (χ4n) is 2.90. The third kappa shape index (κ3) is 4.45. The Bertz CT molecular complexity index is 944. The maximum Gasteiger partial charge on any atom is 0.350 e. The predicted octanol–water partition coefficient (Wildman–Crippen LogP) is 2.75. The fourth-order valence-corrected chi connectivity index (χ4v) is 3.80. The van der Waals surface area contributed by atoms with Gasteiger partial charge in [-0.05, 0) is 42.5 Å². The highest BCUT2D eigenvalue weighted by Gasteiger charge is 2.34. The van der Waals surface area contributed by atoms with Crippen LogP contribution in [0.25, 0.3) is 0 Å². The number of benzene rings is 2. The van der Waals surface area contributed by atoms with Gasteiger partial charge in [0.15, 0.2) is 0 Å². The average Bonchev–Trinajstić information content (AvgIpc) is 2.68. The van der Waals surface area contributed by atoms with Gasteiger partial charge in [0, 0.05) is 43.1 Å². The molecule has 28 heavy (non-hydrogen) atoms. The molecule has 1 aliphatic heterocycles.